The summed E-state index contributed by atoms with van der Waals surface area (Å²) in [5, 5.41) is 7.70. The number of alkyl halides is 3. The number of pyridine rings is 1. The first-order valence-corrected chi connectivity index (χ1v) is 8.53. The number of hydrogen-bond donors (Lipinski definition) is 1. The number of H-pyrrole nitrogens is 1. The molecule has 0 bridgehead atoms. The number of benzene rings is 1. The molecule has 1 aliphatic heterocycles. The predicted octanol–water partition coefficient (Wildman–Crippen LogP) is 3.28. The summed E-state index contributed by atoms with van der Waals surface area (Å²) in [5.74, 6) is 0.561. The lowest BCUT2D eigenvalue weighted by Gasteiger charge is -2.33. The molecule has 1 aromatic carbocycles. The van der Waals surface area contributed by atoms with E-state index in [0.29, 0.717) is 16.6 Å². The molecule has 0 atom stereocenters. The van der Waals surface area contributed by atoms with Gasteiger partial charge in [0.1, 0.15) is 17.3 Å². The van der Waals surface area contributed by atoms with Gasteiger partial charge in [0.05, 0.1) is 5.52 Å². The van der Waals surface area contributed by atoms with Crippen LogP contribution in [0.5, 0.6) is 5.75 Å². The maximum absolute atomic E-state index is 12.5. The van der Waals surface area contributed by atoms with E-state index >= 15 is 0 Å². The highest BCUT2D eigenvalue weighted by molar-refractivity contribution is 5.94. The minimum Gasteiger partial charge on any atom is -0.406 e. The van der Waals surface area contributed by atoms with Gasteiger partial charge in [0.2, 0.25) is 0 Å². The number of nitrogens with zero attached hydrogens (tertiary/aromatic N) is 4. The van der Waals surface area contributed by atoms with Gasteiger partial charge in [-0.2, -0.15) is 5.10 Å². The van der Waals surface area contributed by atoms with Crippen LogP contribution in [-0.4, -0.2) is 59.7 Å². The first-order valence-electron chi connectivity index (χ1n) is 8.53. The van der Waals surface area contributed by atoms with Crippen LogP contribution in [0.15, 0.2) is 36.5 Å². The van der Waals surface area contributed by atoms with Crippen LogP contribution in [0.3, 0.4) is 0 Å². The number of fused-ring (bicyclic) bond motifs is 1. The summed E-state index contributed by atoms with van der Waals surface area (Å²) in [7, 11) is 2.08. The van der Waals surface area contributed by atoms with Gasteiger partial charge in [0.15, 0.2) is 0 Å². The number of aromatic amines is 1. The second kappa shape index (κ2) is 6.73. The van der Waals surface area contributed by atoms with Crippen LogP contribution in [0.2, 0.25) is 0 Å². The lowest BCUT2D eigenvalue weighted by atomic mass is 10.1. The van der Waals surface area contributed by atoms with Crippen molar-refractivity contribution >= 4 is 16.7 Å². The molecule has 0 aliphatic carbocycles. The fourth-order valence-electron chi connectivity index (χ4n) is 3.18. The third-order valence-electron chi connectivity index (χ3n) is 4.61. The maximum atomic E-state index is 12.5. The van der Waals surface area contributed by atoms with E-state index < -0.39 is 6.36 Å². The summed E-state index contributed by atoms with van der Waals surface area (Å²) in [5.41, 5.74) is 1.99. The van der Waals surface area contributed by atoms with Crippen molar-refractivity contribution in [1.82, 2.24) is 20.1 Å². The zero-order valence-corrected chi connectivity index (χ0v) is 14.6. The number of likely N-dealkylation sites (N-methyl/N-ethyl adjacent to an activating group) is 1. The van der Waals surface area contributed by atoms with Crippen molar-refractivity contribution in [2.45, 2.75) is 6.36 Å². The zero-order chi connectivity index (χ0) is 19.0. The van der Waals surface area contributed by atoms with Crippen molar-refractivity contribution in [2.75, 3.05) is 38.1 Å². The predicted molar refractivity (Wildman–Crippen MR) is 95.7 cm³/mol. The molecule has 1 aliphatic rings. The van der Waals surface area contributed by atoms with Crippen molar-refractivity contribution in [1.29, 1.82) is 0 Å². The monoisotopic (exact) mass is 377 g/mol. The lowest BCUT2D eigenvalue weighted by molar-refractivity contribution is -0.274. The molecular weight excluding hydrogens is 359 g/mol. The number of anilines is 1. The number of ether oxygens (including phenoxy) is 1. The van der Waals surface area contributed by atoms with Gasteiger partial charge >= 0.3 is 6.36 Å². The van der Waals surface area contributed by atoms with Gasteiger partial charge < -0.3 is 14.5 Å². The Morgan fingerprint density at radius 3 is 2.59 bits per heavy atom. The molecule has 4 rings (SSSR count). The third kappa shape index (κ3) is 3.82. The summed E-state index contributed by atoms with van der Waals surface area (Å²) >= 11 is 0. The van der Waals surface area contributed by atoms with E-state index in [1.54, 1.807) is 12.3 Å². The van der Waals surface area contributed by atoms with Gasteiger partial charge in [0.25, 0.3) is 0 Å². The van der Waals surface area contributed by atoms with E-state index in [2.05, 4.69) is 36.8 Å². The third-order valence-corrected chi connectivity index (χ3v) is 4.61. The molecule has 9 heteroatoms. The van der Waals surface area contributed by atoms with Gasteiger partial charge in [-0.3, -0.25) is 5.10 Å². The number of nitrogens with one attached hydrogen (secondary N) is 1. The standard InChI is InChI=1S/C18H18F3N5O/c1-25-6-8-26(9-7-25)16-10-12(4-5-22-16)17-14-11-13(27-18(19,20)21)2-3-15(14)23-24-17/h2-5,10-11H,6-9H2,1H3,(H,23,24). The number of aromatic nitrogens is 3. The molecular formula is C18H18F3N5O. The topological polar surface area (TPSA) is 57.3 Å². The molecule has 0 radical (unpaired) electrons. The van der Waals surface area contributed by atoms with E-state index in [0.717, 1.165) is 37.6 Å². The molecule has 0 unspecified atom stereocenters. The van der Waals surface area contributed by atoms with Crippen LogP contribution in [-0.2, 0) is 0 Å². The molecule has 27 heavy (non-hydrogen) atoms. The van der Waals surface area contributed by atoms with Crippen molar-refractivity contribution in [3.8, 4) is 17.0 Å². The van der Waals surface area contributed by atoms with Gasteiger partial charge in [0, 0.05) is 43.3 Å². The Morgan fingerprint density at radius 1 is 1.07 bits per heavy atom. The van der Waals surface area contributed by atoms with E-state index in [-0.39, 0.29) is 5.75 Å². The van der Waals surface area contributed by atoms with Crippen LogP contribution in [0, 0.1) is 0 Å². The van der Waals surface area contributed by atoms with Crippen LogP contribution in [0.25, 0.3) is 22.2 Å². The van der Waals surface area contributed by atoms with Crippen molar-refractivity contribution < 1.29 is 17.9 Å². The lowest BCUT2D eigenvalue weighted by Crippen LogP contribution is -2.44. The SMILES string of the molecule is CN1CCN(c2cc(-c3n[nH]c4ccc(OC(F)(F)F)cc34)ccn2)CC1. The van der Waals surface area contributed by atoms with Gasteiger partial charge in [-0.25, -0.2) is 4.98 Å². The number of halogens is 3. The van der Waals surface area contributed by atoms with Gasteiger partial charge in [-0.1, -0.05) is 0 Å². The molecule has 0 amide bonds. The number of hydrogen-bond acceptors (Lipinski definition) is 5. The number of piperazine rings is 1. The van der Waals surface area contributed by atoms with Crippen molar-refractivity contribution in [3.05, 3.63) is 36.5 Å². The van der Waals surface area contributed by atoms with Crippen molar-refractivity contribution in [3.63, 3.8) is 0 Å². The molecule has 6 nitrogen and oxygen atoms in total. The smallest absolute Gasteiger partial charge is 0.406 e. The maximum Gasteiger partial charge on any atom is 0.573 e. The Bertz CT molecular complexity index is 948. The second-order valence-corrected chi connectivity index (χ2v) is 6.52. The Hall–Kier alpha value is -2.81. The zero-order valence-electron chi connectivity index (χ0n) is 14.6. The van der Waals surface area contributed by atoms with Gasteiger partial charge in [-0.05, 0) is 37.4 Å². The van der Waals surface area contributed by atoms with E-state index in [1.165, 1.54) is 18.2 Å². The van der Waals surface area contributed by atoms with E-state index in [1.807, 2.05) is 6.07 Å². The summed E-state index contributed by atoms with van der Waals surface area (Å²) in [6, 6.07) is 7.85. The summed E-state index contributed by atoms with van der Waals surface area (Å²) in [4.78, 5) is 8.88. The van der Waals surface area contributed by atoms with Crippen molar-refractivity contribution in [2.24, 2.45) is 0 Å². The molecule has 1 N–H and O–H groups in total. The minimum atomic E-state index is -4.73. The normalized spacial score (nSPS) is 16.1. The van der Waals surface area contributed by atoms with Crippen LogP contribution >= 0.6 is 0 Å². The van der Waals surface area contributed by atoms with Crippen LogP contribution < -0.4 is 9.64 Å². The highest BCUT2D eigenvalue weighted by atomic mass is 19.4. The molecule has 0 saturated carbocycles. The second-order valence-electron chi connectivity index (χ2n) is 6.52. The molecule has 3 heterocycles. The van der Waals surface area contributed by atoms with Crippen LogP contribution in [0.4, 0.5) is 19.0 Å². The molecule has 0 spiro atoms. The molecule has 1 fully saturated rings. The Morgan fingerprint density at radius 2 is 1.85 bits per heavy atom. The number of rotatable bonds is 3. The Labute approximate surface area is 153 Å². The minimum absolute atomic E-state index is 0.272. The fourth-order valence-corrected chi connectivity index (χ4v) is 3.18. The van der Waals surface area contributed by atoms with Gasteiger partial charge in [-0.15, -0.1) is 13.2 Å². The first-order chi connectivity index (χ1) is 12.9. The summed E-state index contributed by atoms with van der Waals surface area (Å²) < 4.78 is 41.6. The highest BCUT2D eigenvalue weighted by Crippen LogP contribution is 2.32. The Balaban J connectivity index is 1.67. The average Bonchev–Trinajstić information content (AvgIpc) is 3.04. The molecule has 142 valence electrons. The first kappa shape index (κ1) is 17.6. The molecule has 1 saturated heterocycles. The van der Waals surface area contributed by atoms with E-state index in [9.17, 15) is 13.2 Å². The highest BCUT2D eigenvalue weighted by Gasteiger charge is 2.31. The summed E-state index contributed by atoms with van der Waals surface area (Å²) in [6.45, 7) is 3.65. The molecule has 2 aromatic heterocycles. The van der Waals surface area contributed by atoms with E-state index in [4.69, 9.17) is 0 Å². The molecule has 3 aromatic rings. The quantitative estimate of drug-likeness (QED) is 0.759. The van der Waals surface area contributed by atoms with Crippen LogP contribution in [0.1, 0.15) is 0 Å². The largest absolute Gasteiger partial charge is 0.573 e. The average molecular weight is 377 g/mol. The fraction of sp³-hybridized carbons (Fsp3) is 0.333. The summed E-state index contributed by atoms with van der Waals surface area (Å²) in [6.07, 6.45) is -3.04. The Kier molecular flexibility index (Phi) is 4.39.